The molecule has 0 saturated carbocycles. The lowest BCUT2D eigenvalue weighted by Gasteiger charge is -2.35. The summed E-state index contributed by atoms with van der Waals surface area (Å²) in [5, 5.41) is 2.85. The Bertz CT molecular complexity index is 817. The van der Waals surface area contributed by atoms with E-state index in [0.717, 1.165) is 0 Å². The van der Waals surface area contributed by atoms with Crippen molar-refractivity contribution < 1.29 is 18.7 Å². The summed E-state index contributed by atoms with van der Waals surface area (Å²) in [6.07, 6.45) is -0.0259. The van der Waals surface area contributed by atoms with Gasteiger partial charge in [-0.3, -0.25) is 9.59 Å². The van der Waals surface area contributed by atoms with E-state index in [1.807, 2.05) is 13.8 Å². The number of aryl methyl sites for hydroxylation is 2. The molecular formula is C20H24N2O4. The van der Waals surface area contributed by atoms with Gasteiger partial charge in [0.2, 0.25) is 0 Å². The molecule has 1 aliphatic heterocycles. The number of amides is 2. The highest BCUT2D eigenvalue weighted by atomic mass is 16.5. The van der Waals surface area contributed by atoms with Gasteiger partial charge < -0.3 is 19.4 Å². The van der Waals surface area contributed by atoms with Crippen LogP contribution in [0.3, 0.4) is 0 Å². The maximum atomic E-state index is 13.0. The van der Waals surface area contributed by atoms with E-state index in [2.05, 4.69) is 5.32 Å². The zero-order valence-electron chi connectivity index (χ0n) is 15.5. The van der Waals surface area contributed by atoms with E-state index >= 15 is 0 Å². The molecule has 2 heterocycles. The standard InChI is InChI=1S/C20H24N2O4/c1-12-9-17(15(4)26-12)19(23)21-18-8-6-5-7-16(18)20(24)22-10-13(2)25-14(3)11-22/h5-9,13-14H,10-11H2,1-4H3,(H,21,23)/t13-,14-/m0/s1. The number of morpholine rings is 1. The summed E-state index contributed by atoms with van der Waals surface area (Å²) in [7, 11) is 0. The highest BCUT2D eigenvalue weighted by Crippen LogP contribution is 2.22. The van der Waals surface area contributed by atoms with Gasteiger partial charge in [0.05, 0.1) is 29.0 Å². The summed E-state index contributed by atoms with van der Waals surface area (Å²) in [4.78, 5) is 27.4. The largest absolute Gasteiger partial charge is 0.466 e. The van der Waals surface area contributed by atoms with Crippen LogP contribution < -0.4 is 5.32 Å². The van der Waals surface area contributed by atoms with Gasteiger partial charge in [-0.25, -0.2) is 0 Å². The van der Waals surface area contributed by atoms with E-state index in [-0.39, 0.29) is 24.0 Å². The number of nitrogens with one attached hydrogen (secondary N) is 1. The Hall–Kier alpha value is -2.60. The van der Waals surface area contributed by atoms with Gasteiger partial charge in [-0.05, 0) is 45.9 Å². The third kappa shape index (κ3) is 3.80. The van der Waals surface area contributed by atoms with Gasteiger partial charge in [-0.1, -0.05) is 12.1 Å². The van der Waals surface area contributed by atoms with Crippen molar-refractivity contribution in [2.24, 2.45) is 0 Å². The minimum absolute atomic E-state index is 0.0130. The normalized spacial score (nSPS) is 20.1. The van der Waals surface area contributed by atoms with Crippen LogP contribution in [-0.2, 0) is 4.74 Å². The number of carbonyl (C=O) groups is 2. The Morgan fingerprint density at radius 3 is 2.35 bits per heavy atom. The minimum Gasteiger partial charge on any atom is -0.466 e. The zero-order chi connectivity index (χ0) is 18.8. The molecule has 1 fully saturated rings. The fraction of sp³-hybridized carbons (Fsp3) is 0.400. The molecule has 0 aliphatic carbocycles. The molecule has 2 aromatic rings. The molecule has 0 radical (unpaired) electrons. The molecule has 1 aromatic carbocycles. The smallest absolute Gasteiger partial charge is 0.259 e. The zero-order valence-corrected chi connectivity index (χ0v) is 15.5. The van der Waals surface area contributed by atoms with Gasteiger partial charge in [0, 0.05) is 13.1 Å². The average molecular weight is 356 g/mol. The topological polar surface area (TPSA) is 71.8 Å². The number of nitrogens with zero attached hydrogens (tertiary/aromatic N) is 1. The maximum Gasteiger partial charge on any atom is 0.259 e. The molecular weight excluding hydrogens is 332 g/mol. The number of ether oxygens (including phenoxy) is 1. The Kier molecular flexibility index (Phi) is 5.13. The van der Waals surface area contributed by atoms with Crippen LogP contribution >= 0.6 is 0 Å². The van der Waals surface area contributed by atoms with Gasteiger partial charge in [-0.2, -0.15) is 0 Å². The quantitative estimate of drug-likeness (QED) is 0.915. The molecule has 3 rings (SSSR count). The van der Waals surface area contributed by atoms with Crippen LogP contribution in [-0.4, -0.2) is 42.0 Å². The average Bonchev–Trinajstić information content (AvgIpc) is 2.92. The van der Waals surface area contributed by atoms with Crippen molar-refractivity contribution in [2.45, 2.75) is 39.9 Å². The number of para-hydroxylation sites is 1. The minimum atomic E-state index is -0.289. The molecule has 6 heteroatoms. The lowest BCUT2D eigenvalue weighted by Crippen LogP contribution is -2.48. The van der Waals surface area contributed by atoms with E-state index < -0.39 is 0 Å². The molecule has 138 valence electrons. The van der Waals surface area contributed by atoms with Gasteiger partial charge >= 0.3 is 0 Å². The first-order valence-corrected chi connectivity index (χ1v) is 8.77. The number of hydrogen-bond donors (Lipinski definition) is 1. The highest BCUT2D eigenvalue weighted by Gasteiger charge is 2.28. The van der Waals surface area contributed by atoms with Gasteiger partial charge in [0.25, 0.3) is 11.8 Å². The van der Waals surface area contributed by atoms with Crippen molar-refractivity contribution >= 4 is 17.5 Å². The first-order chi connectivity index (χ1) is 12.3. The van der Waals surface area contributed by atoms with Crippen molar-refractivity contribution in [3.8, 4) is 0 Å². The Labute approximate surface area is 153 Å². The Morgan fingerprint density at radius 2 is 1.73 bits per heavy atom. The van der Waals surface area contributed by atoms with Gasteiger partial charge in [0.1, 0.15) is 11.5 Å². The highest BCUT2D eigenvalue weighted by molar-refractivity contribution is 6.09. The molecule has 6 nitrogen and oxygen atoms in total. The molecule has 1 aromatic heterocycles. The van der Waals surface area contributed by atoms with Crippen LogP contribution in [0.4, 0.5) is 5.69 Å². The third-order valence-electron chi connectivity index (χ3n) is 4.40. The van der Waals surface area contributed by atoms with Crippen LogP contribution in [0.2, 0.25) is 0 Å². The summed E-state index contributed by atoms with van der Waals surface area (Å²) in [5.41, 5.74) is 1.44. The summed E-state index contributed by atoms with van der Waals surface area (Å²) < 4.78 is 11.1. The molecule has 0 spiro atoms. The second-order valence-electron chi connectivity index (χ2n) is 6.79. The van der Waals surface area contributed by atoms with E-state index in [9.17, 15) is 9.59 Å². The first-order valence-electron chi connectivity index (χ1n) is 8.77. The number of carbonyl (C=O) groups excluding carboxylic acids is 2. The molecule has 1 aliphatic rings. The van der Waals surface area contributed by atoms with E-state index in [1.54, 1.807) is 49.1 Å². The second kappa shape index (κ2) is 7.33. The number of hydrogen-bond acceptors (Lipinski definition) is 4. The maximum absolute atomic E-state index is 13.0. The molecule has 2 amide bonds. The van der Waals surface area contributed by atoms with E-state index in [1.165, 1.54) is 0 Å². The number of anilines is 1. The van der Waals surface area contributed by atoms with Crippen molar-refractivity contribution in [3.05, 3.63) is 53.0 Å². The van der Waals surface area contributed by atoms with E-state index in [4.69, 9.17) is 9.15 Å². The fourth-order valence-electron chi connectivity index (χ4n) is 3.34. The third-order valence-corrected chi connectivity index (χ3v) is 4.40. The number of benzene rings is 1. The number of furan rings is 1. The molecule has 1 saturated heterocycles. The van der Waals surface area contributed by atoms with Gasteiger partial charge in [-0.15, -0.1) is 0 Å². The Morgan fingerprint density at radius 1 is 1.08 bits per heavy atom. The predicted octanol–water partition coefficient (Wildman–Crippen LogP) is 3.40. The van der Waals surface area contributed by atoms with Crippen LogP contribution in [0, 0.1) is 13.8 Å². The monoisotopic (exact) mass is 356 g/mol. The summed E-state index contributed by atoms with van der Waals surface area (Å²) in [6.45, 7) is 8.51. The summed E-state index contributed by atoms with van der Waals surface area (Å²) in [6, 6.07) is 8.76. The van der Waals surface area contributed by atoms with E-state index in [0.29, 0.717) is 41.4 Å². The molecule has 2 atom stereocenters. The first kappa shape index (κ1) is 18.2. The van der Waals surface area contributed by atoms with Crippen molar-refractivity contribution in [2.75, 3.05) is 18.4 Å². The van der Waals surface area contributed by atoms with Crippen LogP contribution in [0.25, 0.3) is 0 Å². The predicted molar refractivity (Wildman–Crippen MR) is 98.5 cm³/mol. The van der Waals surface area contributed by atoms with Crippen LogP contribution in [0.15, 0.2) is 34.7 Å². The fourth-order valence-corrected chi connectivity index (χ4v) is 3.34. The van der Waals surface area contributed by atoms with Crippen LogP contribution in [0.1, 0.15) is 46.1 Å². The lowest BCUT2D eigenvalue weighted by atomic mass is 10.1. The second-order valence-corrected chi connectivity index (χ2v) is 6.79. The Balaban J connectivity index is 1.83. The summed E-state index contributed by atoms with van der Waals surface area (Å²) in [5.74, 6) is 0.833. The van der Waals surface area contributed by atoms with Crippen LogP contribution in [0.5, 0.6) is 0 Å². The molecule has 1 N–H and O–H groups in total. The molecule has 0 bridgehead atoms. The van der Waals surface area contributed by atoms with Crippen molar-refractivity contribution in [1.29, 1.82) is 0 Å². The van der Waals surface area contributed by atoms with Crippen molar-refractivity contribution in [1.82, 2.24) is 4.90 Å². The number of rotatable bonds is 3. The molecule has 0 unspecified atom stereocenters. The van der Waals surface area contributed by atoms with Crippen molar-refractivity contribution in [3.63, 3.8) is 0 Å². The lowest BCUT2D eigenvalue weighted by molar-refractivity contribution is -0.0585. The SMILES string of the molecule is Cc1cc(C(=O)Nc2ccccc2C(=O)N2C[C@H](C)O[C@@H](C)C2)c(C)o1. The van der Waals surface area contributed by atoms with Gasteiger partial charge in [0.15, 0.2) is 0 Å². The summed E-state index contributed by atoms with van der Waals surface area (Å²) >= 11 is 0. The molecule has 26 heavy (non-hydrogen) atoms.